The van der Waals surface area contributed by atoms with Crippen molar-refractivity contribution >= 4 is 0 Å². The van der Waals surface area contributed by atoms with Gasteiger partial charge in [0.05, 0.1) is 0 Å². The van der Waals surface area contributed by atoms with Gasteiger partial charge in [0.2, 0.25) is 0 Å². The van der Waals surface area contributed by atoms with Gasteiger partial charge in [-0.05, 0) is 37.0 Å². The Balaban J connectivity index is 2.56. The van der Waals surface area contributed by atoms with E-state index in [-0.39, 0.29) is 0 Å². The second-order valence-electron chi connectivity index (χ2n) is 5.29. The highest BCUT2D eigenvalue weighted by Crippen LogP contribution is 2.43. The van der Waals surface area contributed by atoms with E-state index in [0.29, 0.717) is 5.41 Å². The second-order valence-corrected chi connectivity index (χ2v) is 5.29. The van der Waals surface area contributed by atoms with Crippen molar-refractivity contribution in [3.05, 3.63) is 0 Å². The Kier molecular flexibility index (Phi) is 3.27. The van der Waals surface area contributed by atoms with Crippen molar-refractivity contribution in [2.45, 2.75) is 58.5 Å². The van der Waals surface area contributed by atoms with Crippen LogP contribution in [0.5, 0.6) is 0 Å². The van der Waals surface area contributed by atoms with Gasteiger partial charge >= 0.3 is 0 Å². The first-order chi connectivity index (χ1) is 6.43. The summed E-state index contributed by atoms with van der Waals surface area (Å²) in [6.07, 6.45) is 10.2. The first-order valence-corrected chi connectivity index (χ1v) is 5.64. The predicted molar refractivity (Wildman–Crippen MR) is 59.8 cm³/mol. The molecule has 1 aliphatic rings. The summed E-state index contributed by atoms with van der Waals surface area (Å²) < 4.78 is 0. The van der Waals surface area contributed by atoms with E-state index in [2.05, 4.69) is 26.7 Å². The maximum atomic E-state index is 9.90. The maximum absolute atomic E-state index is 9.90. The third-order valence-electron chi connectivity index (χ3n) is 4.10. The number of hydrogen-bond acceptors (Lipinski definition) is 1. The van der Waals surface area contributed by atoms with Gasteiger partial charge < -0.3 is 5.11 Å². The lowest BCUT2D eigenvalue weighted by atomic mass is 9.66. The van der Waals surface area contributed by atoms with E-state index >= 15 is 0 Å². The van der Waals surface area contributed by atoms with Crippen LogP contribution in [0.4, 0.5) is 0 Å². The lowest BCUT2D eigenvalue weighted by Gasteiger charge is -2.40. The van der Waals surface area contributed by atoms with Crippen molar-refractivity contribution in [1.82, 2.24) is 0 Å². The van der Waals surface area contributed by atoms with Crippen LogP contribution in [0, 0.1) is 23.7 Å². The third kappa shape index (κ3) is 2.30. The standard InChI is InChI=1S/C13H22O/c1-5-12(3,4)11-7-9-13(14,6-2)10-8-11/h2,11,14H,5,7-10H2,1,3-4H3/t11-,13-. The fraction of sp³-hybridized carbons (Fsp3) is 0.846. The van der Waals surface area contributed by atoms with Crippen LogP contribution in [0.1, 0.15) is 52.9 Å². The van der Waals surface area contributed by atoms with Gasteiger partial charge in [-0.2, -0.15) is 0 Å². The molecule has 1 rings (SSSR count). The van der Waals surface area contributed by atoms with Crippen molar-refractivity contribution in [2.75, 3.05) is 0 Å². The van der Waals surface area contributed by atoms with E-state index in [4.69, 9.17) is 6.42 Å². The second kappa shape index (κ2) is 3.95. The van der Waals surface area contributed by atoms with Crippen molar-refractivity contribution in [2.24, 2.45) is 11.3 Å². The number of rotatable bonds is 2. The van der Waals surface area contributed by atoms with Gasteiger partial charge in [-0.3, -0.25) is 0 Å². The molecule has 14 heavy (non-hydrogen) atoms. The predicted octanol–water partition coefficient (Wildman–Crippen LogP) is 2.98. The summed E-state index contributed by atoms with van der Waals surface area (Å²) in [6.45, 7) is 6.87. The first-order valence-electron chi connectivity index (χ1n) is 5.64. The lowest BCUT2D eigenvalue weighted by molar-refractivity contribution is 0.0164. The van der Waals surface area contributed by atoms with E-state index in [1.807, 2.05) is 0 Å². The summed E-state index contributed by atoms with van der Waals surface area (Å²) >= 11 is 0. The fourth-order valence-electron chi connectivity index (χ4n) is 2.31. The highest BCUT2D eigenvalue weighted by atomic mass is 16.3. The molecule has 1 nitrogen and oxygen atoms in total. The molecule has 0 bridgehead atoms. The zero-order valence-corrected chi connectivity index (χ0v) is 9.64. The van der Waals surface area contributed by atoms with Crippen LogP contribution in [0.15, 0.2) is 0 Å². The molecule has 0 spiro atoms. The van der Waals surface area contributed by atoms with Crippen LogP contribution in [0.2, 0.25) is 0 Å². The summed E-state index contributed by atoms with van der Waals surface area (Å²) in [5, 5.41) is 9.90. The van der Waals surface area contributed by atoms with Crippen LogP contribution in [-0.2, 0) is 0 Å². The Bertz CT molecular complexity index is 226. The Hall–Kier alpha value is -0.480. The average Bonchev–Trinajstić information content (AvgIpc) is 2.19. The Morgan fingerprint density at radius 3 is 2.29 bits per heavy atom. The monoisotopic (exact) mass is 194 g/mol. The van der Waals surface area contributed by atoms with Gasteiger partial charge in [-0.25, -0.2) is 0 Å². The van der Waals surface area contributed by atoms with Crippen LogP contribution in [0.25, 0.3) is 0 Å². The first kappa shape index (κ1) is 11.6. The molecular weight excluding hydrogens is 172 g/mol. The van der Waals surface area contributed by atoms with E-state index in [9.17, 15) is 5.11 Å². The number of hydrogen-bond donors (Lipinski definition) is 1. The molecule has 0 aliphatic heterocycles. The van der Waals surface area contributed by atoms with Crippen LogP contribution in [-0.4, -0.2) is 10.7 Å². The van der Waals surface area contributed by atoms with Crippen LogP contribution < -0.4 is 0 Å². The molecular formula is C13H22O. The molecule has 1 saturated carbocycles. The van der Waals surface area contributed by atoms with E-state index in [1.165, 1.54) is 6.42 Å². The quantitative estimate of drug-likeness (QED) is 0.670. The maximum Gasteiger partial charge on any atom is 0.125 e. The summed E-state index contributed by atoms with van der Waals surface area (Å²) in [4.78, 5) is 0. The van der Waals surface area contributed by atoms with Crippen molar-refractivity contribution in [1.29, 1.82) is 0 Å². The number of terminal acetylenes is 1. The summed E-state index contributed by atoms with van der Waals surface area (Å²) in [6, 6.07) is 0. The molecule has 0 heterocycles. The molecule has 1 N–H and O–H groups in total. The van der Waals surface area contributed by atoms with E-state index in [0.717, 1.165) is 31.6 Å². The minimum atomic E-state index is -0.805. The zero-order valence-electron chi connectivity index (χ0n) is 9.64. The minimum absolute atomic E-state index is 0.399. The molecule has 0 aromatic rings. The molecule has 0 atom stereocenters. The molecule has 0 aromatic carbocycles. The van der Waals surface area contributed by atoms with Crippen molar-refractivity contribution < 1.29 is 5.11 Å². The van der Waals surface area contributed by atoms with E-state index < -0.39 is 5.60 Å². The molecule has 80 valence electrons. The van der Waals surface area contributed by atoms with Crippen LogP contribution in [0.3, 0.4) is 0 Å². The summed E-state index contributed by atoms with van der Waals surface area (Å²) in [5.74, 6) is 3.25. The van der Waals surface area contributed by atoms with E-state index in [1.54, 1.807) is 0 Å². The van der Waals surface area contributed by atoms with Gasteiger partial charge in [0, 0.05) is 0 Å². The Morgan fingerprint density at radius 2 is 1.93 bits per heavy atom. The molecule has 0 saturated heterocycles. The Labute approximate surface area is 87.9 Å². The molecule has 0 amide bonds. The molecule has 1 aliphatic carbocycles. The minimum Gasteiger partial charge on any atom is -0.378 e. The third-order valence-corrected chi connectivity index (χ3v) is 4.10. The highest BCUT2D eigenvalue weighted by molar-refractivity contribution is 5.09. The highest BCUT2D eigenvalue weighted by Gasteiger charge is 2.37. The molecule has 0 unspecified atom stereocenters. The fourth-order valence-corrected chi connectivity index (χ4v) is 2.31. The van der Waals surface area contributed by atoms with Crippen molar-refractivity contribution in [3.63, 3.8) is 0 Å². The SMILES string of the molecule is C#C[C@]1(O)CC[C@H](C(C)(C)CC)CC1. The zero-order chi connectivity index (χ0) is 10.8. The Morgan fingerprint density at radius 1 is 1.43 bits per heavy atom. The largest absolute Gasteiger partial charge is 0.378 e. The molecule has 1 heteroatoms. The lowest BCUT2D eigenvalue weighted by Crippen LogP contribution is -2.36. The van der Waals surface area contributed by atoms with Crippen LogP contribution >= 0.6 is 0 Å². The van der Waals surface area contributed by atoms with Gasteiger partial charge in [0.1, 0.15) is 5.60 Å². The molecule has 1 fully saturated rings. The van der Waals surface area contributed by atoms with Gasteiger partial charge in [0.15, 0.2) is 0 Å². The molecule has 0 aromatic heterocycles. The van der Waals surface area contributed by atoms with Crippen molar-refractivity contribution in [3.8, 4) is 12.3 Å². The number of aliphatic hydroxyl groups is 1. The topological polar surface area (TPSA) is 20.2 Å². The summed E-state index contributed by atoms with van der Waals surface area (Å²) in [7, 11) is 0. The molecule has 0 radical (unpaired) electrons. The van der Waals surface area contributed by atoms with Gasteiger partial charge in [-0.1, -0.05) is 33.1 Å². The van der Waals surface area contributed by atoms with Gasteiger partial charge in [0.25, 0.3) is 0 Å². The average molecular weight is 194 g/mol. The smallest absolute Gasteiger partial charge is 0.125 e. The normalized spacial score (nSPS) is 33.8. The summed E-state index contributed by atoms with van der Waals surface area (Å²) in [5.41, 5.74) is -0.406. The van der Waals surface area contributed by atoms with Gasteiger partial charge in [-0.15, -0.1) is 6.42 Å².